The van der Waals surface area contributed by atoms with E-state index in [0.717, 1.165) is 47.2 Å². The lowest BCUT2D eigenvalue weighted by atomic mass is 9.98. The van der Waals surface area contributed by atoms with E-state index < -0.39 is 0 Å². The number of fused-ring (bicyclic) bond motifs is 2. The number of aromatic nitrogens is 5. The Labute approximate surface area is 202 Å². The molecule has 2 atom stereocenters. The molecule has 2 unspecified atom stereocenters. The fourth-order valence-electron chi connectivity index (χ4n) is 4.99. The highest BCUT2D eigenvalue weighted by molar-refractivity contribution is 6.36. The number of halogens is 1. The van der Waals surface area contributed by atoms with Gasteiger partial charge in [-0.05, 0) is 37.1 Å². The van der Waals surface area contributed by atoms with Crippen LogP contribution in [0.5, 0.6) is 0 Å². The lowest BCUT2D eigenvalue weighted by molar-refractivity contribution is 0.774. The lowest BCUT2D eigenvalue weighted by Crippen LogP contribution is -2.23. The van der Waals surface area contributed by atoms with Gasteiger partial charge in [-0.3, -0.25) is 4.98 Å². The molecule has 34 heavy (non-hydrogen) atoms. The third-order valence-corrected chi connectivity index (χ3v) is 6.98. The minimum Gasteiger partial charge on any atom is -0.369 e. The van der Waals surface area contributed by atoms with E-state index in [1.54, 1.807) is 6.33 Å². The maximum absolute atomic E-state index is 6.76. The molecule has 0 radical (unpaired) electrons. The van der Waals surface area contributed by atoms with Crippen molar-refractivity contribution in [3.05, 3.63) is 83.5 Å². The van der Waals surface area contributed by atoms with Crippen LogP contribution in [0.4, 0.5) is 11.5 Å². The van der Waals surface area contributed by atoms with Gasteiger partial charge in [-0.1, -0.05) is 41.9 Å². The van der Waals surface area contributed by atoms with Crippen molar-refractivity contribution in [3.8, 4) is 0 Å². The second-order valence-corrected chi connectivity index (χ2v) is 9.13. The first-order valence-electron chi connectivity index (χ1n) is 11.5. The largest absolute Gasteiger partial charge is 0.369 e. The Balaban J connectivity index is 1.42. The second-order valence-electron chi connectivity index (χ2n) is 8.73. The van der Waals surface area contributed by atoms with Gasteiger partial charge >= 0.3 is 0 Å². The summed E-state index contributed by atoms with van der Waals surface area (Å²) in [5.74, 6) is 1.19. The number of H-pyrrole nitrogens is 1. The summed E-state index contributed by atoms with van der Waals surface area (Å²) in [7, 11) is 0. The van der Waals surface area contributed by atoms with Gasteiger partial charge in [-0.15, -0.1) is 0 Å². The van der Waals surface area contributed by atoms with Crippen molar-refractivity contribution in [2.45, 2.75) is 25.3 Å². The van der Waals surface area contributed by atoms with Crippen LogP contribution in [0.25, 0.3) is 22.1 Å². The topological polar surface area (TPSA) is 82.6 Å². The molecule has 0 aliphatic carbocycles. The molecule has 0 saturated carbocycles. The fraction of sp³-hybridized carbons (Fsp3) is 0.231. The number of pyridine rings is 1. The molecule has 8 heteroatoms. The number of rotatable bonds is 5. The molecule has 7 nitrogen and oxygen atoms in total. The van der Waals surface area contributed by atoms with Crippen LogP contribution in [0.3, 0.4) is 0 Å². The van der Waals surface area contributed by atoms with Gasteiger partial charge in [0, 0.05) is 36.2 Å². The summed E-state index contributed by atoms with van der Waals surface area (Å²) in [6.45, 7) is 4.03. The first kappa shape index (κ1) is 20.9. The summed E-state index contributed by atoms with van der Waals surface area (Å²) < 4.78 is 0. The van der Waals surface area contributed by atoms with E-state index in [0.29, 0.717) is 22.4 Å². The first-order valence-corrected chi connectivity index (χ1v) is 11.8. The maximum atomic E-state index is 6.76. The van der Waals surface area contributed by atoms with Crippen molar-refractivity contribution in [1.82, 2.24) is 24.9 Å². The van der Waals surface area contributed by atoms with Crippen molar-refractivity contribution in [3.63, 3.8) is 0 Å². The average Bonchev–Trinajstić information content (AvgIpc) is 3.55. The number of benzene rings is 2. The van der Waals surface area contributed by atoms with Crippen LogP contribution in [0.1, 0.15) is 36.4 Å². The number of imidazole rings is 1. The highest BCUT2D eigenvalue weighted by Crippen LogP contribution is 2.42. The van der Waals surface area contributed by atoms with Crippen LogP contribution in [-0.4, -0.2) is 38.0 Å². The Bertz CT molecular complexity index is 1470. The molecule has 1 aliphatic heterocycles. The number of hydrogen-bond acceptors (Lipinski definition) is 6. The molecule has 2 N–H and O–H groups in total. The Morgan fingerprint density at radius 2 is 1.97 bits per heavy atom. The van der Waals surface area contributed by atoms with E-state index in [1.165, 1.54) is 11.9 Å². The third kappa shape index (κ3) is 3.62. The molecule has 3 aromatic heterocycles. The molecule has 6 rings (SSSR count). The van der Waals surface area contributed by atoms with E-state index in [1.807, 2.05) is 18.3 Å². The van der Waals surface area contributed by atoms with Crippen LogP contribution >= 0.6 is 11.6 Å². The van der Waals surface area contributed by atoms with E-state index in [4.69, 9.17) is 16.6 Å². The molecule has 0 amide bonds. The molecule has 1 fully saturated rings. The summed E-state index contributed by atoms with van der Waals surface area (Å²) in [5, 5.41) is 5.22. The molecular weight excluding hydrogens is 446 g/mol. The summed E-state index contributed by atoms with van der Waals surface area (Å²) in [6, 6.07) is 16.7. The number of aromatic amines is 1. The predicted octanol–water partition coefficient (Wildman–Crippen LogP) is 5.72. The van der Waals surface area contributed by atoms with Crippen LogP contribution in [0.2, 0.25) is 5.02 Å². The van der Waals surface area contributed by atoms with E-state index in [9.17, 15) is 0 Å². The zero-order valence-electron chi connectivity index (χ0n) is 18.7. The lowest BCUT2D eigenvalue weighted by Gasteiger charge is -2.27. The molecule has 1 saturated heterocycles. The van der Waals surface area contributed by atoms with Crippen molar-refractivity contribution in [1.29, 1.82) is 0 Å². The van der Waals surface area contributed by atoms with Crippen LogP contribution in [-0.2, 0) is 0 Å². The minimum atomic E-state index is -0.0731. The van der Waals surface area contributed by atoms with Gasteiger partial charge in [0.05, 0.1) is 28.6 Å². The molecule has 5 aromatic rings. The smallest absolute Gasteiger partial charge is 0.182 e. The number of nitrogens with zero attached hydrogens (tertiary/aromatic N) is 5. The molecule has 4 heterocycles. The molecule has 170 valence electrons. The zero-order chi connectivity index (χ0) is 23.1. The number of hydrogen-bond donors (Lipinski definition) is 2. The Morgan fingerprint density at radius 3 is 2.85 bits per heavy atom. The minimum absolute atomic E-state index is 0.0731. The standard InChI is InChI=1S/C26H24ClN7/c1-16(33-26-23-25(30-14-29-23)31-15-32-26)20-12-21(27)19-8-5-10-28-22(19)24(20)34-11-9-18(13-34)17-6-3-2-4-7-17/h2-8,10,12,14-16,18H,9,11,13H2,1H3,(H2,29,30,31,32,33). The molecular formula is C26H24ClN7. The van der Waals surface area contributed by atoms with Crippen molar-refractivity contribution >= 4 is 45.2 Å². The van der Waals surface area contributed by atoms with Crippen LogP contribution in [0, 0.1) is 0 Å². The highest BCUT2D eigenvalue weighted by atomic mass is 35.5. The normalized spacial score (nSPS) is 16.9. The van der Waals surface area contributed by atoms with Gasteiger partial charge in [0.15, 0.2) is 11.5 Å². The van der Waals surface area contributed by atoms with E-state index in [2.05, 4.69) is 73.5 Å². The van der Waals surface area contributed by atoms with E-state index >= 15 is 0 Å². The first-order chi connectivity index (χ1) is 16.7. The summed E-state index contributed by atoms with van der Waals surface area (Å²) in [5.41, 5.74) is 5.96. The Hall–Kier alpha value is -3.71. The monoisotopic (exact) mass is 469 g/mol. The van der Waals surface area contributed by atoms with Crippen LogP contribution in [0.15, 0.2) is 67.4 Å². The van der Waals surface area contributed by atoms with Crippen molar-refractivity contribution in [2.75, 3.05) is 23.3 Å². The number of anilines is 2. The Morgan fingerprint density at radius 1 is 1.09 bits per heavy atom. The van der Waals surface area contributed by atoms with Crippen molar-refractivity contribution in [2.24, 2.45) is 0 Å². The van der Waals surface area contributed by atoms with Gasteiger partial charge < -0.3 is 15.2 Å². The van der Waals surface area contributed by atoms with E-state index in [-0.39, 0.29) is 6.04 Å². The van der Waals surface area contributed by atoms with Gasteiger partial charge in [-0.25, -0.2) is 15.0 Å². The quantitative estimate of drug-likeness (QED) is 0.342. The Kier molecular flexibility index (Phi) is 5.26. The van der Waals surface area contributed by atoms with Crippen LogP contribution < -0.4 is 10.2 Å². The molecule has 2 aromatic carbocycles. The number of nitrogens with one attached hydrogen (secondary N) is 2. The van der Waals surface area contributed by atoms with Gasteiger partial charge in [0.1, 0.15) is 11.8 Å². The summed E-state index contributed by atoms with van der Waals surface area (Å²) in [6.07, 6.45) is 6.10. The SMILES string of the molecule is CC(Nc1ncnc2nc[nH]c12)c1cc(Cl)c2cccnc2c1N1CCC(c2ccccc2)C1. The molecule has 0 bridgehead atoms. The average molecular weight is 470 g/mol. The second kappa shape index (κ2) is 8.57. The van der Waals surface area contributed by atoms with Gasteiger partial charge in [0.25, 0.3) is 0 Å². The summed E-state index contributed by atoms with van der Waals surface area (Å²) in [4.78, 5) is 23.3. The van der Waals surface area contributed by atoms with Gasteiger partial charge in [-0.2, -0.15) is 0 Å². The highest BCUT2D eigenvalue weighted by Gasteiger charge is 2.29. The van der Waals surface area contributed by atoms with Crippen molar-refractivity contribution < 1.29 is 0 Å². The maximum Gasteiger partial charge on any atom is 0.182 e. The predicted molar refractivity (Wildman–Crippen MR) is 136 cm³/mol. The zero-order valence-corrected chi connectivity index (χ0v) is 19.5. The molecule has 0 spiro atoms. The fourth-order valence-corrected chi connectivity index (χ4v) is 5.26. The van der Waals surface area contributed by atoms with Gasteiger partial charge in [0.2, 0.25) is 0 Å². The third-order valence-electron chi connectivity index (χ3n) is 6.66. The molecule has 1 aliphatic rings. The summed E-state index contributed by atoms with van der Waals surface area (Å²) >= 11 is 6.76.